The zero-order valence-corrected chi connectivity index (χ0v) is 36.6. The van der Waals surface area contributed by atoms with Crippen molar-refractivity contribution in [3.8, 4) is 55.6 Å². The number of benzene rings is 10. The molecule has 11 rings (SSSR count). The molecule has 1 aliphatic rings. The van der Waals surface area contributed by atoms with Crippen molar-refractivity contribution in [2.75, 3.05) is 9.80 Å². The van der Waals surface area contributed by atoms with E-state index >= 15 is 0 Å². The molecule has 0 saturated heterocycles. The molecular weight excluding hydrogens is 785 g/mol. The van der Waals surface area contributed by atoms with Crippen molar-refractivity contribution in [1.29, 1.82) is 0 Å². The van der Waals surface area contributed by atoms with Crippen LogP contribution in [0.1, 0.15) is 25.0 Å². The Morgan fingerprint density at radius 2 is 0.600 bits per heavy atom. The fourth-order valence-corrected chi connectivity index (χ4v) is 9.75. The molecule has 0 N–H and O–H groups in total. The summed E-state index contributed by atoms with van der Waals surface area (Å²) in [4.78, 5) is 4.75. The molecule has 0 amide bonds. The Morgan fingerprint density at radius 3 is 1.09 bits per heavy atom. The second kappa shape index (κ2) is 16.8. The van der Waals surface area contributed by atoms with Crippen molar-refractivity contribution >= 4 is 34.1 Å². The SMILES string of the molecule is CC1(C)c2ccccc2-c2c(N(c3ccccc3)c3ccc(-c4cc(-c5ccccc5)cc(-c5ccc(N(c6ccccc6)c6ccc(-c7ccccc7)cc6)cc5)c4)cc3)cccc21. The molecule has 0 heterocycles. The van der Waals surface area contributed by atoms with Crippen LogP contribution in [0.4, 0.5) is 34.1 Å². The molecule has 10 aromatic rings. The Labute approximate surface area is 383 Å². The predicted octanol–water partition coefficient (Wildman–Crippen LogP) is 17.6. The molecule has 0 atom stereocenters. The van der Waals surface area contributed by atoms with Crippen LogP contribution >= 0.6 is 0 Å². The van der Waals surface area contributed by atoms with E-state index in [0.29, 0.717) is 0 Å². The zero-order valence-electron chi connectivity index (χ0n) is 36.6. The van der Waals surface area contributed by atoms with E-state index in [1.165, 1.54) is 61.3 Å². The highest BCUT2D eigenvalue weighted by Gasteiger charge is 2.37. The highest BCUT2D eigenvalue weighted by Crippen LogP contribution is 2.54. The Balaban J connectivity index is 0.968. The van der Waals surface area contributed by atoms with Crippen LogP contribution in [0.3, 0.4) is 0 Å². The normalized spacial score (nSPS) is 12.3. The number of hydrogen-bond acceptors (Lipinski definition) is 2. The monoisotopic (exact) mass is 832 g/mol. The van der Waals surface area contributed by atoms with Crippen LogP contribution in [0, 0.1) is 0 Å². The van der Waals surface area contributed by atoms with Gasteiger partial charge in [-0.2, -0.15) is 0 Å². The van der Waals surface area contributed by atoms with E-state index in [2.05, 4.69) is 278 Å². The summed E-state index contributed by atoms with van der Waals surface area (Å²) >= 11 is 0. The van der Waals surface area contributed by atoms with E-state index in [1.54, 1.807) is 0 Å². The van der Waals surface area contributed by atoms with Crippen molar-refractivity contribution in [1.82, 2.24) is 0 Å². The molecule has 65 heavy (non-hydrogen) atoms. The average molecular weight is 833 g/mol. The highest BCUT2D eigenvalue weighted by molar-refractivity contribution is 5.95. The largest absolute Gasteiger partial charge is 0.311 e. The van der Waals surface area contributed by atoms with Crippen LogP contribution in [0.2, 0.25) is 0 Å². The number of nitrogens with zero attached hydrogens (tertiary/aromatic N) is 2. The van der Waals surface area contributed by atoms with E-state index < -0.39 is 0 Å². The maximum Gasteiger partial charge on any atom is 0.0543 e. The molecule has 0 aromatic heterocycles. The fraction of sp³-hybridized carbons (Fsp3) is 0.0476. The van der Waals surface area contributed by atoms with E-state index in [1.807, 2.05) is 0 Å². The molecule has 2 nitrogen and oxygen atoms in total. The molecule has 1 aliphatic carbocycles. The molecule has 2 heteroatoms. The lowest BCUT2D eigenvalue weighted by Crippen LogP contribution is -2.16. The van der Waals surface area contributed by atoms with Gasteiger partial charge in [0, 0.05) is 39.4 Å². The van der Waals surface area contributed by atoms with Gasteiger partial charge in [-0.3, -0.25) is 0 Å². The minimum Gasteiger partial charge on any atom is -0.311 e. The summed E-state index contributed by atoms with van der Waals surface area (Å²) in [7, 11) is 0. The summed E-state index contributed by atoms with van der Waals surface area (Å²) < 4.78 is 0. The summed E-state index contributed by atoms with van der Waals surface area (Å²) in [5.74, 6) is 0. The second-order valence-electron chi connectivity index (χ2n) is 17.4. The standard InChI is InChI=1S/C63H48N2/c1-63(2)59-27-16-15-26-58(59)62-60(63)28-17-29-61(62)65(54-24-13-6-14-25-54)57-40-34-49(35-41-57)52-43-50(46-20-9-4-10-21-46)42-51(44-52)48-32-38-56(39-33-48)64(53-22-11-5-12-23-53)55-36-30-47(31-37-55)45-18-7-3-8-19-45/h3-44H,1-2H3. The third kappa shape index (κ3) is 7.49. The first-order chi connectivity index (χ1) is 32.0. The zero-order chi connectivity index (χ0) is 43.7. The van der Waals surface area contributed by atoms with Crippen molar-refractivity contribution in [3.05, 3.63) is 266 Å². The lowest BCUT2D eigenvalue weighted by atomic mass is 9.82. The van der Waals surface area contributed by atoms with Crippen molar-refractivity contribution in [2.45, 2.75) is 19.3 Å². The first kappa shape index (κ1) is 39.6. The Morgan fingerprint density at radius 1 is 0.262 bits per heavy atom. The molecule has 0 radical (unpaired) electrons. The summed E-state index contributed by atoms with van der Waals surface area (Å²) in [6, 6.07) is 92.4. The molecule has 310 valence electrons. The third-order valence-corrected chi connectivity index (χ3v) is 13.0. The molecule has 10 aromatic carbocycles. The molecule has 0 fully saturated rings. The third-order valence-electron chi connectivity index (χ3n) is 13.0. The van der Waals surface area contributed by atoms with Crippen LogP contribution in [0.5, 0.6) is 0 Å². The first-order valence-electron chi connectivity index (χ1n) is 22.5. The minimum atomic E-state index is -0.0909. The van der Waals surface area contributed by atoms with Crippen LogP contribution in [0.15, 0.2) is 255 Å². The van der Waals surface area contributed by atoms with Gasteiger partial charge < -0.3 is 9.80 Å². The fourth-order valence-electron chi connectivity index (χ4n) is 9.75. The van der Waals surface area contributed by atoms with Gasteiger partial charge in [-0.25, -0.2) is 0 Å². The van der Waals surface area contributed by atoms with Crippen LogP contribution < -0.4 is 9.80 Å². The summed E-state index contributed by atoms with van der Waals surface area (Å²) in [5.41, 5.74) is 21.4. The predicted molar refractivity (Wildman–Crippen MR) is 275 cm³/mol. The number of hydrogen-bond donors (Lipinski definition) is 0. The first-order valence-corrected chi connectivity index (χ1v) is 22.5. The van der Waals surface area contributed by atoms with Gasteiger partial charge in [0.15, 0.2) is 0 Å². The lowest BCUT2D eigenvalue weighted by Gasteiger charge is -2.29. The molecule has 0 aliphatic heterocycles. The highest BCUT2D eigenvalue weighted by atomic mass is 15.1. The summed E-state index contributed by atoms with van der Waals surface area (Å²) in [6.45, 7) is 4.70. The molecular formula is C63H48N2. The van der Waals surface area contributed by atoms with Gasteiger partial charge in [0.2, 0.25) is 0 Å². The molecule has 0 unspecified atom stereocenters. The summed E-state index contributed by atoms with van der Waals surface area (Å²) in [5, 5.41) is 0. The van der Waals surface area contributed by atoms with E-state index in [4.69, 9.17) is 0 Å². The van der Waals surface area contributed by atoms with Crippen molar-refractivity contribution in [3.63, 3.8) is 0 Å². The molecule has 0 saturated carbocycles. The number of anilines is 6. The van der Waals surface area contributed by atoms with E-state index in [0.717, 1.165) is 39.6 Å². The lowest BCUT2D eigenvalue weighted by molar-refractivity contribution is 0.660. The number of para-hydroxylation sites is 2. The van der Waals surface area contributed by atoms with Crippen molar-refractivity contribution in [2.24, 2.45) is 0 Å². The van der Waals surface area contributed by atoms with Gasteiger partial charge in [0.25, 0.3) is 0 Å². The minimum absolute atomic E-state index is 0.0909. The van der Waals surface area contributed by atoms with Gasteiger partial charge in [-0.05, 0) is 146 Å². The van der Waals surface area contributed by atoms with Crippen LogP contribution in [-0.4, -0.2) is 0 Å². The van der Waals surface area contributed by atoms with Gasteiger partial charge in [0.1, 0.15) is 0 Å². The summed E-state index contributed by atoms with van der Waals surface area (Å²) in [6.07, 6.45) is 0. The smallest absolute Gasteiger partial charge is 0.0543 e. The maximum absolute atomic E-state index is 2.42. The molecule has 0 spiro atoms. The van der Waals surface area contributed by atoms with Gasteiger partial charge in [0.05, 0.1) is 5.69 Å². The van der Waals surface area contributed by atoms with E-state index in [-0.39, 0.29) is 5.41 Å². The van der Waals surface area contributed by atoms with Gasteiger partial charge in [-0.1, -0.05) is 184 Å². The van der Waals surface area contributed by atoms with E-state index in [9.17, 15) is 0 Å². The molecule has 0 bridgehead atoms. The Kier molecular flexibility index (Phi) is 10.3. The Hall–Kier alpha value is -8.20. The van der Waals surface area contributed by atoms with Gasteiger partial charge >= 0.3 is 0 Å². The Bertz CT molecular complexity index is 3230. The average Bonchev–Trinajstić information content (AvgIpc) is 3.62. The van der Waals surface area contributed by atoms with Crippen molar-refractivity contribution < 1.29 is 0 Å². The number of rotatable bonds is 10. The quantitative estimate of drug-likeness (QED) is 0.135. The van der Waals surface area contributed by atoms with Gasteiger partial charge in [-0.15, -0.1) is 0 Å². The maximum atomic E-state index is 2.42. The van der Waals surface area contributed by atoms with Crippen LogP contribution in [0.25, 0.3) is 55.6 Å². The second-order valence-corrected chi connectivity index (χ2v) is 17.4. The topological polar surface area (TPSA) is 6.48 Å². The number of fused-ring (bicyclic) bond motifs is 3. The van der Waals surface area contributed by atoms with Crippen LogP contribution in [-0.2, 0) is 5.41 Å².